The molecule has 0 aromatic carbocycles. The van der Waals surface area contributed by atoms with E-state index >= 15 is 0 Å². The highest BCUT2D eigenvalue weighted by Gasteiger charge is 2.32. The molecule has 4 rings (SSSR count). The van der Waals surface area contributed by atoms with Crippen molar-refractivity contribution in [2.75, 3.05) is 13.1 Å². The number of likely N-dealkylation sites (tertiary alicyclic amines) is 1. The summed E-state index contributed by atoms with van der Waals surface area (Å²) in [5.74, 6) is 0.892. The molecule has 1 fully saturated rings. The Morgan fingerprint density at radius 2 is 2.16 bits per heavy atom. The van der Waals surface area contributed by atoms with Gasteiger partial charge in [-0.05, 0) is 39.0 Å². The molecule has 1 unspecified atom stereocenters. The van der Waals surface area contributed by atoms with Gasteiger partial charge in [0.25, 0.3) is 5.91 Å². The van der Waals surface area contributed by atoms with Gasteiger partial charge in [-0.2, -0.15) is 10.2 Å². The number of carbonyl (C=O) groups is 1. The van der Waals surface area contributed by atoms with E-state index in [4.69, 9.17) is 0 Å². The van der Waals surface area contributed by atoms with E-state index < -0.39 is 0 Å². The molecule has 8 nitrogen and oxygen atoms in total. The Hall–Kier alpha value is -2.38. The van der Waals surface area contributed by atoms with Crippen LogP contribution in [0.1, 0.15) is 59.7 Å². The van der Waals surface area contributed by atoms with Crippen LogP contribution in [0.25, 0.3) is 0 Å². The maximum atomic E-state index is 13.0. The fourth-order valence-corrected chi connectivity index (χ4v) is 4.14. The van der Waals surface area contributed by atoms with Gasteiger partial charge in [0, 0.05) is 43.9 Å². The van der Waals surface area contributed by atoms with Crippen molar-refractivity contribution in [1.82, 2.24) is 29.4 Å². The van der Waals surface area contributed by atoms with Crippen LogP contribution < -0.4 is 5.69 Å². The molecule has 3 heterocycles. The largest absolute Gasteiger partial charge is 0.345 e. The molecule has 25 heavy (non-hydrogen) atoms. The van der Waals surface area contributed by atoms with Crippen LogP contribution in [0.2, 0.25) is 0 Å². The van der Waals surface area contributed by atoms with Gasteiger partial charge < -0.3 is 4.90 Å². The second kappa shape index (κ2) is 6.16. The number of piperidine rings is 1. The fraction of sp³-hybridized carbons (Fsp3) is 0.647. The number of aromatic nitrogens is 5. The van der Waals surface area contributed by atoms with Gasteiger partial charge in [0.2, 0.25) is 0 Å². The van der Waals surface area contributed by atoms with Crippen molar-refractivity contribution in [3.8, 4) is 0 Å². The van der Waals surface area contributed by atoms with E-state index in [0.29, 0.717) is 18.8 Å². The number of H-pyrrole nitrogens is 1. The molecule has 1 N–H and O–H groups in total. The van der Waals surface area contributed by atoms with Crippen LogP contribution in [-0.2, 0) is 26.4 Å². The molecular weight excluding hydrogens is 320 g/mol. The number of hydrogen-bond acceptors (Lipinski definition) is 4. The first-order valence-corrected chi connectivity index (χ1v) is 9.09. The average molecular weight is 344 g/mol. The molecule has 1 atom stereocenters. The van der Waals surface area contributed by atoms with Crippen molar-refractivity contribution in [3.63, 3.8) is 0 Å². The summed E-state index contributed by atoms with van der Waals surface area (Å²) in [7, 11) is 1.68. The van der Waals surface area contributed by atoms with Gasteiger partial charge in [-0.15, -0.1) is 0 Å². The lowest BCUT2D eigenvalue weighted by atomic mass is 9.96. The zero-order chi connectivity index (χ0) is 17.6. The molecule has 0 saturated carbocycles. The smallest absolute Gasteiger partial charge is 0.337 e. The summed E-state index contributed by atoms with van der Waals surface area (Å²) in [4.78, 5) is 27.0. The number of carbonyl (C=O) groups excluding carboxylic acids is 1. The molecule has 2 aromatic rings. The third kappa shape index (κ3) is 2.60. The predicted octanol–water partition coefficient (Wildman–Crippen LogP) is 0.833. The number of aryl methyl sites for hydroxylation is 2. The number of aromatic amines is 1. The Kier molecular flexibility index (Phi) is 3.97. The van der Waals surface area contributed by atoms with Gasteiger partial charge >= 0.3 is 5.69 Å². The number of fused-ring (bicyclic) bond motifs is 1. The zero-order valence-corrected chi connectivity index (χ0v) is 14.8. The second-order valence-corrected chi connectivity index (χ2v) is 6.98. The first kappa shape index (κ1) is 16.1. The molecule has 0 radical (unpaired) electrons. The van der Waals surface area contributed by atoms with Crippen molar-refractivity contribution in [1.29, 1.82) is 0 Å². The minimum atomic E-state index is -0.0916. The number of rotatable bonds is 3. The molecule has 8 heteroatoms. The summed E-state index contributed by atoms with van der Waals surface area (Å²) in [5.41, 5.74) is 2.70. The van der Waals surface area contributed by atoms with Crippen LogP contribution in [0.15, 0.2) is 4.79 Å². The van der Waals surface area contributed by atoms with E-state index in [-0.39, 0.29) is 17.5 Å². The van der Waals surface area contributed by atoms with Crippen LogP contribution in [0.3, 0.4) is 0 Å². The lowest BCUT2D eigenvalue weighted by Crippen LogP contribution is -2.40. The number of nitrogens with zero attached hydrogens (tertiary/aromatic N) is 5. The molecule has 2 aliphatic rings. The van der Waals surface area contributed by atoms with E-state index in [1.807, 2.05) is 11.8 Å². The maximum Gasteiger partial charge on any atom is 0.345 e. The van der Waals surface area contributed by atoms with Crippen LogP contribution in [0, 0.1) is 0 Å². The summed E-state index contributed by atoms with van der Waals surface area (Å²) >= 11 is 0. The summed E-state index contributed by atoms with van der Waals surface area (Å²) in [6.45, 7) is 3.88. The van der Waals surface area contributed by atoms with E-state index in [9.17, 15) is 9.59 Å². The van der Waals surface area contributed by atoms with Crippen molar-refractivity contribution >= 4 is 5.91 Å². The van der Waals surface area contributed by atoms with Gasteiger partial charge in [0.15, 0.2) is 5.69 Å². The lowest BCUT2D eigenvalue weighted by molar-refractivity contribution is 0.0696. The first-order chi connectivity index (χ1) is 12.1. The molecule has 1 aliphatic carbocycles. The third-order valence-electron chi connectivity index (χ3n) is 5.44. The number of hydrogen-bond donors (Lipinski definition) is 1. The Morgan fingerprint density at radius 1 is 1.32 bits per heavy atom. The molecule has 0 bridgehead atoms. The van der Waals surface area contributed by atoms with Gasteiger partial charge in [-0.25, -0.2) is 9.48 Å². The minimum absolute atomic E-state index is 0.00502. The predicted molar refractivity (Wildman–Crippen MR) is 91.6 cm³/mol. The van der Waals surface area contributed by atoms with Gasteiger partial charge in [0.05, 0.1) is 0 Å². The van der Waals surface area contributed by atoms with Crippen molar-refractivity contribution in [2.45, 2.75) is 51.5 Å². The molecule has 1 aliphatic heterocycles. The lowest BCUT2D eigenvalue weighted by Gasteiger charge is -2.32. The highest BCUT2D eigenvalue weighted by molar-refractivity contribution is 5.94. The highest BCUT2D eigenvalue weighted by Crippen LogP contribution is 2.28. The number of nitrogens with one attached hydrogen (secondary N) is 1. The van der Waals surface area contributed by atoms with Crippen LogP contribution in [-0.4, -0.2) is 48.4 Å². The first-order valence-electron chi connectivity index (χ1n) is 9.09. The van der Waals surface area contributed by atoms with E-state index in [1.165, 1.54) is 4.68 Å². The molecule has 0 spiro atoms. The summed E-state index contributed by atoms with van der Waals surface area (Å²) in [6, 6.07) is 0. The van der Waals surface area contributed by atoms with Crippen molar-refractivity contribution in [3.05, 3.63) is 33.3 Å². The van der Waals surface area contributed by atoms with Crippen LogP contribution >= 0.6 is 0 Å². The molecule has 1 saturated heterocycles. The molecule has 1 amide bonds. The summed E-state index contributed by atoms with van der Waals surface area (Å²) in [5, 5.41) is 11.7. The monoisotopic (exact) mass is 344 g/mol. The fourth-order valence-electron chi connectivity index (χ4n) is 4.14. The highest BCUT2D eigenvalue weighted by atomic mass is 16.2. The van der Waals surface area contributed by atoms with Crippen LogP contribution in [0.4, 0.5) is 0 Å². The van der Waals surface area contributed by atoms with Gasteiger partial charge in [-0.1, -0.05) is 0 Å². The minimum Gasteiger partial charge on any atom is -0.337 e. The standard InChI is InChI=1S/C17H24N6O2/c1-3-23-15(20-21(2)17(23)25)11-6-5-9-22(10-11)16(24)14-12-7-4-8-13(12)18-19-14/h11H,3-10H2,1-2H3,(H,18,19). The molecule has 134 valence electrons. The van der Waals surface area contributed by atoms with Crippen molar-refractivity contribution < 1.29 is 4.79 Å². The van der Waals surface area contributed by atoms with Gasteiger partial charge in [-0.3, -0.25) is 14.5 Å². The normalized spacial score (nSPS) is 20.1. The Balaban J connectivity index is 1.58. The maximum absolute atomic E-state index is 13.0. The second-order valence-electron chi connectivity index (χ2n) is 6.98. The Labute approximate surface area is 145 Å². The van der Waals surface area contributed by atoms with Crippen LogP contribution in [0.5, 0.6) is 0 Å². The Bertz CT molecular complexity index is 861. The Morgan fingerprint density at radius 3 is 2.96 bits per heavy atom. The topological polar surface area (TPSA) is 88.8 Å². The molecular formula is C17H24N6O2. The van der Waals surface area contributed by atoms with E-state index in [2.05, 4.69) is 15.3 Å². The van der Waals surface area contributed by atoms with E-state index in [0.717, 1.165) is 55.7 Å². The third-order valence-corrected chi connectivity index (χ3v) is 5.44. The molecule has 2 aromatic heterocycles. The quantitative estimate of drug-likeness (QED) is 0.893. The van der Waals surface area contributed by atoms with Crippen molar-refractivity contribution in [2.24, 2.45) is 7.05 Å². The van der Waals surface area contributed by atoms with E-state index in [1.54, 1.807) is 11.6 Å². The SMILES string of the molecule is CCn1c(C2CCCN(C(=O)c3n[nH]c4c3CCC4)C2)nn(C)c1=O. The number of amides is 1. The summed E-state index contributed by atoms with van der Waals surface area (Å²) < 4.78 is 3.10. The average Bonchev–Trinajstić information content (AvgIpc) is 3.30. The zero-order valence-electron chi connectivity index (χ0n) is 14.8. The van der Waals surface area contributed by atoms with Gasteiger partial charge in [0.1, 0.15) is 5.82 Å². The summed E-state index contributed by atoms with van der Waals surface area (Å²) in [6.07, 6.45) is 4.86.